The Balaban J connectivity index is 0. The molecule has 0 unspecified atom stereocenters. The zero-order valence-corrected chi connectivity index (χ0v) is 24.6. The summed E-state index contributed by atoms with van der Waals surface area (Å²) in [4.78, 5) is 4.00. The fraction of sp³-hybridized carbons (Fsp3) is 0.440. The molecule has 0 heterocycles. The second kappa shape index (κ2) is 18.6. The Kier molecular flexibility index (Phi) is 19.5. The van der Waals surface area contributed by atoms with Crippen LogP contribution in [-0.4, -0.2) is 6.21 Å². The molecule has 0 saturated carbocycles. The molecule has 0 atom stereocenters. The van der Waals surface area contributed by atoms with Gasteiger partial charge in [0.05, 0.1) is 5.75 Å². The molecule has 0 aliphatic carbocycles. The molecule has 0 bridgehead atoms. The van der Waals surface area contributed by atoms with E-state index in [2.05, 4.69) is 39.6 Å². The average molecular weight is 567 g/mol. The first-order valence-corrected chi connectivity index (χ1v) is 16.9. The van der Waals surface area contributed by atoms with E-state index in [4.69, 9.17) is 21.8 Å². The fourth-order valence-electron chi connectivity index (χ4n) is 2.31. The van der Waals surface area contributed by atoms with Gasteiger partial charge in [-0.25, -0.2) is 13.8 Å². The Morgan fingerprint density at radius 3 is 1.84 bits per heavy atom. The predicted molar refractivity (Wildman–Crippen MR) is 133 cm³/mol. The van der Waals surface area contributed by atoms with Gasteiger partial charge in [0, 0.05) is 11.8 Å². The van der Waals surface area contributed by atoms with Crippen molar-refractivity contribution in [3.05, 3.63) is 65.3 Å². The van der Waals surface area contributed by atoms with Crippen molar-refractivity contribution in [1.29, 1.82) is 0 Å². The second-order valence-electron chi connectivity index (χ2n) is 7.59. The predicted octanol–water partition coefficient (Wildman–Crippen LogP) is 9.78. The molecule has 0 radical (unpaired) electrons. The summed E-state index contributed by atoms with van der Waals surface area (Å²) in [5.74, 6) is -0.733. The third kappa shape index (κ3) is 13.1. The van der Waals surface area contributed by atoms with Crippen LogP contribution in [0.2, 0.25) is 0 Å². The molecule has 180 valence electrons. The van der Waals surface area contributed by atoms with Crippen molar-refractivity contribution in [2.75, 3.05) is 0 Å². The van der Waals surface area contributed by atoms with Gasteiger partial charge >= 0.3 is 37.9 Å². The van der Waals surface area contributed by atoms with Crippen LogP contribution in [0.5, 0.6) is 5.75 Å². The van der Waals surface area contributed by atoms with E-state index >= 15 is 0 Å². The van der Waals surface area contributed by atoms with E-state index in [1.807, 2.05) is 45.9 Å². The minimum absolute atomic E-state index is 0.141. The molecule has 2 rings (SSSR count). The van der Waals surface area contributed by atoms with Gasteiger partial charge < -0.3 is 4.74 Å². The van der Waals surface area contributed by atoms with Gasteiger partial charge in [0.15, 0.2) is 11.6 Å². The number of hydrogen-bond acceptors (Lipinski definition) is 2. The number of benzene rings is 2. The molecule has 7 heteroatoms. The van der Waals surface area contributed by atoms with Gasteiger partial charge in [0.2, 0.25) is 0 Å². The molecule has 0 spiro atoms. The molecule has 0 aromatic heterocycles. The van der Waals surface area contributed by atoms with Gasteiger partial charge in [0.25, 0.3) is 0 Å². The van der Waals surface area contributed by atoms with Gasteiger partial charge in [-0.05, 0) is 29.2 Å². The van der Waals surface area contributed by atoms with Crippen molar-refractivity contribution >= 4 is 28.9 Å². The molecule has 0 fully saturated rings. The summed E-state index contributed by atoms with van der Waals surface area (Å²) in [7, 11) is 9.87. The van der Waals surface area contributed by atoms with Gasteiger partial charge in [-0.2, -0.15) is 20.0 Å². The van der Waals surface area contributed by atoms with Gasteiger partial charge in [-0.15, -0.1) is 0 Å². The third-order valence-electron chi connectivity index (χ3n) is 3.43. The van der Waals surface area contributed by atoms with Crippen LogP contribution in [0.25, 0.3) is 0 Å². The van der Waals surface area contributed by atoms with E-state index in [1.54, 1.807) is 0 Å². The molecule has 2 nitrogen and oxygen atoms in total. The Morgan fingerprint density at radius 1 is 1.00 bits per heavy atom. The normalized spacial score (nSPS) is 10.3. The summed E-state index contributed by atoms with van der Waals surface area (Å²) in [6.45, 7) is 18.2. The number of nitrogens with zero attached hydrogens (tertiary/aromatic N) is 1. The quantitative estimate of drug-likeness (QED) is 0.267. The molecular weight excluding hydrogens is 530 g/mol. The fourth-order valence-corrected chi connectivity index (χ4v) is 2.31. The SMILES string of the molecule is CC.CCC.C[C-](C)Oc1c(C=Nc2c(F)cccc2F)cccc1C(C)(C)C.[Cl][Zr][Cl]. The summed E-state index contributed by atoms with van der Waals surface area (Å²) in [6.07, 6.45) is 3.47. The van der Waals surface area contributed by atoms with Gasteiger partial charge in [0.1, 0.15) is 5.69 Å². The maximum absolute atomic E-state index is 13.7. The molecule has 0 aliphatic heterocycles. The summed E-state index contributed by atoms with van der Waals surface area (Å²) >= 11 is -0.826. The van der Waals surface area contributed by atoms with Crippen molar-refractivity contribution in [1.82, 2.24) is 0 Å². The Labute approximate surface area is 212 Å². The molecule has 0 saturated heterocycles. The number of halogens is 4. The monoisotopic (exact) mass is 564 g/mol. The summed E-state index contributed by atoms with van der Waals surface area (Å²) in [6, 6.07) is 9.37. The van der Waals surface area contributed by atoms with Crippen molar-refractivity contribution in [2.45, 2.75) is 74.1 Å². The number of para-hydroxylation sites is 2. The zero-order valence-electron chi connectivity index (χ0n) is 20.6. The van der Waals surface area contributed by atoms with Crippen LogP contribution in [0.15, 0.2) is 41.4 Å². The molecule has 2 aromatic rings. The van der Waals surface area contributed by atoms with Crippen LogP contribution in [0, 0.1) is 17.7 Å². The summed E-state index contributed by atoms with van der Waals surface area (Å²) in [5, 5.41) is 0. The Morgan fingerprint density at radius 2 is 1.44 bits per heavy atom. The van der Waals surface area contributed by atoms with Crippen LogP contribution in [0.1, 0.15) is 79.9 Å². The molecule has 0 N–H and O–H groups in total. The van der Waals surface area contributed by atoms with Crippen LogP contribution in [0.3, 0.4) is 0 Å². The third-order valence-corrected chi connectivity index (χ3v) is 3.43. The first-order valence-electron chi connectivity index (χ1n) is 10.6. The second-order valence-corrected chi connectivity index (χ2v) is 11.3. The zero-order chi connectivity index (χ0) is 25.3. The van der Waals surface area contributed by atoms with E-state index in [0.29, 0.717) is 11.3 Å². The van der Waals surface area contributed by atoms with E-state index in [1.165, 1.54) is 30.8 Å². The van der Waals surface area contributed by atoms with Crippen LogP contribution in [-0.2, 0) is 26.3 Å². The summed E-state index contributed by atoms with van der Waals surface area (Å²) < 4.78 is 33.4. The Hall–Kier alpha value is -0.767. The van der Waals surface area contributed by atoms with Crippen molar-refractivity contribution < 1.29 is 34.4 Å². The van der Waals surface area contributed by atoms with Crippen molar-refractivity contribution in [3.8, 4) is 5.75 Å². The van der Waals surface area contributed by atoms with Gasteiger partial charge in [-0.1, -0.05) is 73.1 Å². The van der Waals surface area contributed by atoms with E-state index in [0.717, 1.165) is 11.7 Å². The van der Waals surface area contributed by atoms with E-state index in [9.17, 15) is 8.78 Å². The van der Waals surface area contributed by atoms with Gasteiger partial charge in [-0.3, -0.25) is 0 Å². The molecule has 2 aromatic carbocycles. The number of aliphatic imine (C=N–C) groups is 1. The average Bonchev–Trinajstić information content (AvgIpc) is 2.70. The van der Waals surface area contributed by atoms with Crippen molar-refractivity contribution in [3.63, 3.8) is 0 Å². The topological polar surface area (TPSA) is 21.6 Å². The summed E-state index contributed by atoms with van der Waals surface area (Å²) in [5.41, 5.74) is 1.23. The number of rotatable bonds is 4. The van der Waals surface area contributed by atoms with E-state index in [-0.39, 0.29) is 11.1 Å². The first-order chi connectivity index (χ1) is 15.0. The Bertz CT molecular complexity index is 772. The molecular formula is C25H36Cl2F2NOZr-. The van der Waals surface area contributed by atoms with Crippen LogP contribution >= 0.6 is 17.0 Å². The standard InChI is InChI=1S/C20H22F2NO.C3H8.C2H6.2ClH.Zr/c1-13(2)24-19-14(8-6-9-15(19)20(3,4)5)12-23-18-16(21)10-7-11-17(18)22;1-3-2;1-2;;;/h6-12H,1-5H3;3H2,1-2H3;1-2H3;2*1H;/q-1;;;;;+2/p-2. The van der Waals surface area contributed by atoms with Crippen molar-refractivity contribution in [2.24, 2.45) is 4.99 Å². The van der Waals surface area contributed by atoms with Crippen LogP contribution in [0.4, 0.5) is 14.5 Å². The molecule has 32 heavy (non-hydrogen) atoms. The molecule has 0 aliphatic rings. The maximum atomic E-state index is 13.7. The van der Waals surface area contributed by atoms with Crippen LogP contribution < -0.4 is 4.74 Å². The minimum atomic E-state index is -0.826. The van der Waals surface area contributed by atoms with E-state index < -0.39 is 32.5 Å². The number of hydrogen-bond donors (Lipinski definition) is 0. The molecule has 0 amide bonds. The first kappa shape index (κ1) is 33.4. The number of ether oxygens (including phenoxy) is 1.